The highest BCUT2D eigenvalue weighted by Gasteiger charge is 2.44. The summed E-state index contributed by atoms with van der Waals surface area (Å²) in [6.45, 7) is 5.74. The van der Waals surface area contributed by atoms with Crippen LogP contribution in [0.15, 0.2) is 0 Å². The topological polar surface area (TPSA) is 114 Å². The predicted octanol–water partition coefficient (Wildman–Crippen LogP) is 0.412. The molecule has 0 aliphatic carbocycles. The van der Waals surface area contributed by atoms with Gasteiger partial charge in [0, 0.05) is 20.8 Å². The van der Waals surface area contributed by atoms with Crippen molar-refractivity contribution in [3.8, 4) is 0 Å². The molecule has 2 unspecified atom stereocenters. The maximum absolute atomic E-state index is 11.7. The molecule has 0 spiro atoms. The Labute approximate surface area is 115 Å². The summed E-state index contributed by atoms with van der Waals surface area (Å²) in [5, 5.41) is 0. The Balaban J connectivity index is 4.78. The Hall–Kier alpha value is -2.32. The second-order valence-electron chi connectivity index (χ2n) is 3.50. The molecule has 2 atom stereocenters. The molecule has 0 aliphatic heterocycles. The summed E-state index contributed by atoms with van der Waals surface area (Å²) in [6, 6.07) is 0. The van der Waals surface area contributed by atoms with Gasteiger partial charge in [0.2, 0.25) is 6.29 Å². The maximum Gasteiger partial charge on any atom is 0.512 e. The smallest absolute Gasteiger partial charge is 0.434 e. The van der Waals surface area contributed by atoms with Crippen LogP contribution in [0.2, 0.25) is 0 Å². The molecule has 0 amide bonds. The number of carbonyl (C=O) groups is 3. The highest BCUT2D eigenvalue weighted by molar-refractivity contribution is 5.81. The van der Waals surface area contributed by atoms with Crippen molar-refractivity contribution in [1.29, 1.82) is 0 Å². The van der Waals surface area contributed by atoms with Gasteiger partial charge in [-0.15, -0.1) is 0 Å². The molecule has 0 aromatic rings. The summed E-state index contributed by atoms with van der Waals surface area (Å²) in [5.41, 5.74) is 0. The van der Waals surface area contributed by atoms with Crippen molar-refractivity contribution in [2.24, 2.45) is 0 Å². The predicted molar refractivity (Wildman–Crippen MR) is 60.6 cm³/mol. The average Bonchev–Trinajstić information content (AvgIpc) is 2.27. The lowest BCUT2D eigenvalue weighted by atomic mass is 10.3. The van der Waals surface area contributed by atoms with Crippen molar-refractivity contribution in [3.63, 3.8) is 0 Å². The van der Waals surface area contributed by atoms with Gasteiger partial charge in [0.25, 0.3) is 0 Å². The third kappa shape index (κ3) is 6.03. The van der Waals surface area contributed by atoms with Gasteiger partial charge in [0.15, 0.2) is 0 Å². The Morgan fingerprint density at radius 3 is 2.30 bits per heavy atom. The van der Waals surface area contributed by atoms with Gasteiger partial charge in [-0.05, 0) is 6.92 Å². The van der Waals surface area contributed by atoms with Crippen LogP contribution in [0.1, 0.15) is 27.7 Å². The van der Waals surface area contributed by atoms with E-state index >= 15 is 0 Å². The van der Waals surface area contributed by atoms with Gasteiger partial charge >= 0.3 is 30.4 Å². The summed E-state index contributed by atoms with van der Waals surface area (Å²) >= 11 is 0. The van der Waals surface area contributed by atoms with Gasteiger partial charge in [0.05, 0.1) is 6.61 Å². The van der Waals surface area contributed by atoms with E-state index < -0.39 is 30.2 Å². The first kappa shape index (κ1) is 17.7. The van der Waals surface area contributed by atoms with Gasteiger partial charge in [-0.3, -0.25) is 4.79 Å². The summed E-state index contributed by atoms with van der Waals surface area (Å²) < 4.78 is 22.4. The van der Waals surface area contributed by atoms with Crippen LogP contribution in [-0.4, -0.2) is 43.3 Å². The van der Waals surface area contributed by atoms with E-state index in [9.17, 15) is 19.2 Å². The summed E-state index contributed by atoms with van der Waals surface area (Å²) in [4.78, 5) is 43.8. The minimum atomic E-state index is -2.40. The Morgan fingerprint density at radius 1 is 1.25 bits per heavy atom. The zero-order valence-electron chi connectivity index (χ0n) is 11.5. The van der Waals surface area contributed by atoms with E-state index in [0.29, 0.717) is 0 Å². The van der Waals surface area contributed by atoms with E-state index in [1.54, 1.807) is 0 Å². The van der Waals surface area contributed by atoms with Crippen LogP contribution in [0, 0.1) is 0 Å². The molecule has 0 aromatic heterocycles. The van der Waals surface area contributed by atoms with E-state index in [1.165, 1.54) is 13.8 Å². The van der Waals surface area contributed by atoms with Crippen molar-refractivity contribution in [2.75, 3.05) is 6.61 Å². The lowest BCUT2D eigenvalue weighted by molar-refractivity contribution is -0.224. The van der Waals surface area contributed by atoms with E-state index in [-0.39, 0.29) is 6.61 Å². The second kappa shape index (κ2) is 7.97. The van der Waals surface area contributed by atoms with Crippen molar-refractivity contribution in [3.05, 3.63) is 0 Å². The van der Waals surface area contributed by atoms with Crippen molar-refractivity contribution in [1.82, 2.24) is 0 Å². The third-order valence-corrected chi connectivity index (χ3v) is 1.75. The lowest BCUT2D eigenvalue weighted by Gasteiger charge is -2.25. The van der Waals surface area contributed by atoms with Crippen LogP contribution in [0.5, 0.6) is 0 Å². The fourth-order valence-corrected chi connectivity index (χ4v) is 1.01. The number of ether oxygens (including phenoxy) is 5. The number of rotatable bonds is 7. The molecule has 0 aromatic carbocycles. The van der Waals surface area contributed by atoms with E-state index in [2.05, 4.69) is 23.7 Å². The van der Waals surface area contributed by atoms with Gasteiger partial charge in [0.1, 0.15) is 0 Å². The van der Waals surface area contributed by atoms with Gasteiger partial charge in [-0.25, -0.2) is 14.4 Å². The Bertz CT molecular complexity index is 378. The molecule has 0 saturated carbocycles. The first-order chi connectivity index (χ1) is 9.25. The van der Waals surface area contributed by atoms with Crippen LogP contribution in [-0.2, 0) is 38.1 Å². The fourth-order valence-electron chi connectivity index (χ4n) is 1.01. The highest BCUT2D eigenvalue weighted by atomic mass is 16.8. The number of hydrogen-bond donors (Lipinski definition) is 0. The first-order valence-electron chi connectivity index (χ1n) is 5.54. The molecule has 0 N–H and O–H groups in total. The summed E-state index contributed by atoms with van der Waals surface area (Å²) in [6.07, 6.45) is -2.51. The standard InChI is InChI=1S/C11H15O9/c1-5-16-10(15)20-11(4,17-6-12)9(14)19-8(3)18-7(2)13/h8H,5H2,1-4H3. The van der Waals surface area contributed by atoms with Crippen LogP contribution in [0.4, 0.5) is 4.79 Å². The molecule has 1 radical (unpaired) electrons. The molecule has 0 saturated heterocycles. The molecule has 0 rings (SSSR count). The van der Waals surface area contributed by atoms with Crippen molar-refractivity contribution in [2.45, 2.75) is 39.8 Å². The normalized spacial score (nSPS) is 14.2. The molecule has 9 nitrogen and oxygen atoms in total. The summed E-state index contributed by atoms with van der Waals surface area (Å²) in [7, 11) is 0. The largest absolute Gasteiger partial charge is 0.512 e. The van der Waals surface area contributed by atoms with E-state index in [4.69, 9.17) is 0 Å². The van der Waals surface area contributed by atoms with Gasteiger partial charge in [-0.1, -0.05) is 0 Å². The molecule has 0 fully saturated rings. The minimum Gasteiger partial charge on any atom is -0.434 e. The van der Waals surface area contributed by atoms with E-state index in [0.717, 1.165) is 20.3 Å². The van der Waals surface area contributed by atoms with E-state index in [1.807, 2.05) is 0 Å². The monoisotopic (exact) mass is 291 g/mol. The van der Waals surface area contributed by atoms with Crippen molar-refractivity contribution < 1.29 is 42.9 Å². The SMILES string of the molecule is CCOC(=O)OC(C)(O[C]=O)C(=O)OC(C)OC(C)=O. The van der Waals surface area contributed by atoms with Gasteiger partial charge < -0.3 is 23.7 Å². The number of esters is 2. The average molecular weight is 291 g/mol. The molecule has 9 heteroatoms. The molecule has 0 aliphatic rings. The molecular formula is C11H15O9. The summed E-state index contributed by atoms with van der Waals surface area (Å²) in [5.74, 6) is -4.37. The molecular weight excluding hydrogens is 276 g/mol. The molecule has 113 valence electrons. The number of hydrogen-bond acceptors (Lipinski definition) is 9. The van der Waals surface area contributed by atoms with Crippen LogP contribution in [0.25, 0.3) is 0 Å². The fraction of sp³-hybridized carbons (Fsp3) is 0.636. The van der Waals surface area contributed by atoms with Crippen LogP contribution >= 0.6 is 0 Å². The zero-order chi connectivity index (χ0) is 15.8. The highest BCUT2D eigenvalue weighted by Crippen LogP contribution is 2.16. The second-order valence-corrected chi connectivity index (χ2v) is 3.50. The maximum atomic E-state index is 11.7. The molecule has 0 heterocycles. The van der Waals surface area contributed by atoms with Gasteiger partial charge in [-0.2, -0.15) is 0 Å². The zero-order valence-corrected chi connectivity index (χ0v) is 11.5. The number of carbonyl (C=O) groups excluding carboxylic acids is 4. The Morgan fingerprint density at radius 2 is 1.85 bits per heavy atom. The Kier molecular flexibility index (Phi) is 7.05. The van der Waals surface area contributed by atoms with Crippen LogP contribution < -0.4 is 0 Å². The quantitative estimate of drug-likeness (QED) is 0.373. The first-order valence-corrected chi connectivity index (χ1v) is 5.54. The van der Waals surface area contributed by atoms with Crippen molar-refractivity contribution >= 4 is 24.6 Å². The molecule has 20 heavy (non-hydrogen) atoms. The lowest BCUT2D eigenvalue weighted by Crippen LogP contribution is -2.45. The molecule has 0 bridgehead atoms. The minimum absolute atomic E-state index is 0.0153. The van der Waals surface area contributed by atoms with Crippen LogP contribution in [0.3, 0.4) is 0 Å². The third-order valence-electron chi connectivity index (χ3n) is 1.75.